The van der Waals surface area contributed by atoms with Crippen LogP contribution in [0.1, 0.15) is 12.8 Å². The second kappa shape index (κ2) is 4.09. The Balaban J connectivity index is 2.03. The summed E-state index contributed by atoms with van der Waals surface area (Å²) in [5.74, 6) is 0.578. The first-order valence-electron chi connectivity index (χ1n) is 4.67. The Bertz CT molecular complexity index is 440. The zero-order valence-electron chi connectivity index (χ0n) is 7.98. The number of anilines is 1. The van der Waals surface area contributed by atoms with E-state index in [9.17, 15) is 8.42 Å². The van der Waals surface area contributed by atoms with Gasteiger partial charge in [0, 0.05) is 0 Å². The summed E-state index contributed by atoms with van der Waals surface area (Å²) in [6.07, 6.45) is 3.55. The van der Waals surface area contributed by atoms with Crippen molar-refractivity contribution >= 4 is 31.6 Å². The van der Waals surface area contributed by atoms with Crippen LogP contribution in [0.25, 0.3) is 0 Å². The third-order valence-corrected chi connectivity index (χ3v) is 4.08. The summed E-state index contributed by atoms with van der Waals surface area (Å²) in [5, 5.41) is 0. The highest BCUT2D eigenvalue weighted by Gasteiger charge is 2.27. The second-order valence-electron chi connectivity index (χ2n) is 3.70. The monoisotopic (exact) mass is 290 g/mol. The molecule has 82 valence electrons. The number of nitrogens with one attached hydrogen (secondary N) is 1. The standard InChI is InChI=1S/C9H11BrN2O2S/c10-9-4-3-8(5-11-9)12-15(13,14)6-7-1-2-7/h3-5,7,12H,1-2,6H2. The molecule has 0 unspecified atom stereocenters. The minimum absolute atomic E-state index is 0.225. The number of sulfonamides is 1. The molecule has 1 aliphatic carbocycles. The maximum absolute atomic E-state index is 11.6. The predicted octanol–water partition coefficient (Wildman–Crippen LogP) is 2.00. The Hall–Kier alpha value is -0.620. The van der Waals surface area contributed by atoms with Crippen molar-refractivity contribution in [3.63, 3.8) is 0 Å². The molecule has 1 N–H and O–H groups in total. The predicted molar refractivity (Wildman–Crippen MR) is 62.1 cm³/mol. The van der Waals surface area contributed by atoms with Crippen molar-refractivity contribution in [2.24, 2.45) is 5.92 Å². The lowest BCUT2D eigenvalue weighted by Crippen LogP contribution is -2.17. The molecule has 0 aromatic carbocycles. The molecule has 0 spiro atoms. The van der Waals surface area contributed by atoms with E-state index in [1.54, 1.807) is 12.1 Å². The molecule has 1 heterocycles. The number of aromatic nitrogens is 1. The molecule has 0 radical (unpaired) electrons. The van der Waals surface area contributed by atoms with E-state index in [4.69, 9.17) is 0 Å². The van der Waals surface area contributed by atoms with E-state index in [-0.39, 0.29) is 5.75 Å². The van der Waals surface area contributed by atoms with Crippen molar-refractivity contribution < 1.29 is 8.42 Å². The van der Waals surface area contributed by atoms with Crippen LogP contribution in [0, 0.1) is 5.92 Å². The summed E-state index contributed by atoms with van der Waals surface area (Å²) >= 11 is 3.19. The molecular formula is C9H11BrN2O2S. The van der Waals surface area contributed by atoms with Gasteiger partial charge in [0.2, 0.25) is 10.0 Å². The van der Waals surface area contributed by atoms with Gasteiger partial charge in [0.15, 0.2) is 0 Å². The Morgan fingerprint density at radius 2 is 2.20 bits per heavy atom. The first-order chi connectivity index (χ1) is 7.05. The molecule has 0 amide bonds. The van der Waals surface area contributed by atoms with Crippen LogP contribution in [0.5, 0.6) is 0 Å². The second-order valence-corrected chi connectivity index (χ2v) is 6.28. The summed E-state index contributed by atoms with van der Waals surface area (Å²) in [7, 11) is -3.19. The van der Waals surface area contributed by atoms with Crippen LogP contribution < -0.4 is 4.72 Å². The van der Waals surface area contributed by atoms with Gasteiger partial charge in [0.05, 0.1) is 17.6 Å². The molecule has 1 saturated carbocycles. The highest BCUT2D eigenvalue weighted by Crippen LogP contribution is 2.30. The number of halogens is 1. The molecule has 1 aromatic rings. The van der Waals surface area contributed by atoms with Crippen LogP contribution in [0.3, 0.4) is 0 Å². The van der Waals surface area contributed by atoms with Gasteiger partial charge in [-0.3, -0.25) is 4.72 Å². The minimum Gasteiger partial charge on any atom is -0.282 e. The van der Waals surface area contributed by atoms with E-state index in [1.807, 2.05) is 0 Å². The van der Waals surface area contributed by atoms with Crippen molar-refractivity contribution in [2.45, 2.75) is 12.8 Å². The number of nitrogens with zero attached hydrogens (tertiary/aromatic N) is 1. The quantitative estimate of drug-likeness (QED) is 0.863. The molecule has 1 aliphatic rings. The SMILES string of the molecule is O=S(=O)(CC1CC1)Nc1ccc(Br)nc1. The van der Waals surface area contributed by atoms with E-state index in [0.29, 0.717) is 16.2 Å². The smallest absolute Gasteiger partial charge is 0.233 e. The lowest BCUT2D eigenvalue weighted by atomic mass is 10.4. The molecular weight excluding hydrogens is 280 g/mol. The third kappa shape index (κ3) is 3.46. The van der Waals surface area contributed by atoms with Gasteiger partial charge >= 0.3 is 0 Å². The van der Waals surface area contributed by atoms with E-state index in [0.717, 1.165) is 12.8 Å². The van der Waals surface area contributed by atoms with Crippen molar-refractivity contribution in [1.82, 2.24) is 4.98 Å². The average Bonchev–Trinajstić information content (AvgIpc) is 2.91. The summed E-state index contributed by atoms with van der Waals surface area (Å²) < 4.78 is 26.4. The third-order valence-electron chi connectivity index (χ3n) is 2.15. The summed E-state index contributed by atoms with van der Waals surface area (Å²) in [5.41, 5.74) is 0.513. The minimum atomic E-state index is -3.19. The first kappa shape index (κ1) is 10.9. The van der Waals surface area contributed by atoms with Crippen molar-refractivity contribution in [1.29, 1.82) is 0 Å². The maximum Gasteiger partial charge on any atom is 0.233 e. The number of hydrogen-bond donors (Lipinski definition) is 1. The highest BCUT2D eigenvalue weighted by molar-refractivity contribution is 9.10. The van der Waals surface area contributed by atoms with Crippen molar-refractivity contribution in [2.75, 3.05) is 10.5 Å². The van der Waals surface area contributed by atoms with Gasteiger partial charge in [0.25, 0.3) is 0 Å². The molecule has 2 rings (SSSR count). The van der Waals surface area contributed by atoms with Crippen molar-refractivity contribution in [3.8, 4) is 0 Å². The lowest BCUT2D eigenvalue weighted by molar-refractivity contribution is 0.597. The van der Waals surface area contributed by atoms with E-state index in [1.165, 1.54) is 6.20 Å². The molecule has 15 heavy (non-hydrogen) atoms. The molecule has 0 saturated heterocycles. The van der Waals surface area contributed by atoms with Crippen LogP contribution in [0.4, 0.5) is 5.69 Å². The van der Waals surface area contributed by atoms with Gasteiger partial charge < -0.3 is 0 Å². The summed E-state index contributed by atoms with van der Waals surface area (Å²) in [4.78, 5) is 3.95. The summed E-state index contributed by atoms with van der Waals surface area (Å²) in [6, 6.07) is 3.39. The fourth-order valence-corrected chi connectivity index (χ4v) is 3.00. The molecule has 4 nitrogen and oxygen atoms in total. The number of hydrogen-bond acceptors (Lipinski definition) is 3. The van der Waals surface area contributed by atoms with Crippen LogP contribution in [-0.2, 0) is 10.0 Å². The fraction of sp³-hybridized carbons (Fsp3) is 0.444. The van der Waals surface area contributed by atoms with Crippen LogP contribution >= 0.6 is 15.9 Å². The topological polar surface area (TPSA) is 59.1 Å². The van der Waals surface area contributed by atoms with Crippen LogP contribution in [0.2, 0.25) is 0 Å². The van der Waals surface area contributed by atoms with E-state index in [2.05, 4.69) is 25.6 Å². The van der Waals surface area contributed by atoms with Gasteiger partial charge in [-0.2, -0.15) is 0 Å². The average molecular weight is 291 g/mol. The highest BCUT2D eigenvalue weighted by atomic mass is 79.9. The summed E-state index contributed by atoms with van der Waals surface area (Å²) in [6.45, 7) is 0. The Morgan fingerprint density at radius 3 is 2.73 bits per heavy atom. The first-order valence-corrected chi connectivity index (χ1v) is 7.12. The largest absolute Gasteiger partial charge is 0.282 e. The van der Waals surface area contributed by atoms with Crippen LogP contribution in [-0.4, -0.2) is 19.2 Å². The Kier molecular flexibility index (Phi) is 2.97. The molecule has 0 aliphatic heterocycles. The molecule has 6 heteroatoms. The van der Waals surface area contributed by atoms with Gasteiger partial charge in [-0.05, 0) is 46.8 Å². The Labute approximate surface area is 97.3 Å². The number of pyridine rings is 1. The molecule has 1 fully saturated rings. The van der Waals surface area contributed by atoms with Crippen molar-refractivity contribution in [3.05, 3.63) is 22.9 Å². The molecule has 1 aromatic heterocycles. The van der Waals surface area contributed by atoms with E-state index < -0.39 is 10.0 Å². The van der Waals surface area contributed by atoms with Gasteiger partial charge in [-0.15, -0.1) is 0 Å². The number of rotatable bonds is 4. The van der Waals surface area contributed by atoms with Crippen LogP contribution in [0.15, 0.2) is 22.9 Å². The van der Waals surface area contributed by atoms with Gasteiger partial charge in [0.1, 0.15) is 4.60 Å². The van der Waals surface area contributed by atoms with Gasteiger partial charge in [-0.25, -0.2) is 13.4 Å². The fourth-order valence-electron chi connectivity index (χ4n) is 1.25. The molecule has 0 bridgehead atoms. The zero-order chi connectivity index (χ0) is 10.9. The Morgan fingerprint density at radius 1 is 1.47 bits per heavy atom. The molecule has 0 atom stereocenters. The normalized spacial score (nSPS) is 16.3. The van der Waals surface area contributed by atoms with Gasteiger partial charge in [-0.1, -0.05) is 0 Å². The zero-order valence-corrected chi connectivity index (χ0v) is 10.4. The lowest BCUT2D eigenvalue weighted by Gasteiger charge is -2.06. The van der Waals surface area contributed by atoms with E-state index >= 15 is 0 Å². The maximum atomic E-state index is 11.6.